The van der Waals surface area contributed by atoms with Gasteiger partial charge in [-0.1, -0.05) is 30.3 Å². The summed E-state index contributed by atoms with van der Waals surface area (Å²) in [6.07, 6.45) is 1.04. The predicted octanol–water partition coefficient (Wildman–Crippen LogP) is 2.85. The van der Waals surface area contributed by atoms with Gasteiger partial charge < -0.3 is 11.1 Å². The Morgan fingerprint density at radius 1 is 1.06 bits per heavy atom. The first kappa shape index (κ1) is 12.3. The summed E-state index contributed by atoms with van der Waals surface area (Å²) < 4.78 is 0. The smallest absolute Gasteiger partial charge is 0.0346 e. The van der Waals surface area contributed by atoms with E-state index < -0.39 is 0 Å². The fourth-order valence-corrected chi connectivity index (χ4v) is 2.65. The van der Waals surface area contributed by atoms with Gasteiger partial charge in [0.2, 0.25) is 0 Å². The van der Waals surface area contributed by atoms with E-state index in [4.69, 9.17) is 5.73 Å². The molecule has 1 heterocycles. The summed E-state index contributed by atoms with van der Waals surface area (Å²) >= 11 is 1.85. The van der Waals surface area contributed by atoms with Crippen LogP contribution in [0.15, 0.2) is 42.5 Å². The van der Waals surface area contributed by atoms with Crippen LogP contribution in [0.1, 0.15) is 11.3 Å². The molecule has 1 aromatic carbocycles. The number of nitrogens with one attached hydrogen (secondary N) is 1. The van der Waals surface area contributed by atoms with E-state index in [9.17, 15) is 0 Å². The quantitative estimate of drug-likeness (QED) is 0.769. The molecule has 2 aromatic rings. The van der Waals surface area contributed by atoms with Crippen molar-refractivity contribution < 1.29 is 0 Å². The monoisotopic (exact) mass is 246 g/mol. The molecular formula is C14H18N2S. The highest BCUT2D eigenvalue weighted by atomic mass is 32.1. The first-order valence-electron chi connectivity index (χ1n) is 5.95. The summed E-state index contributed by atoms with van der Waals surface area (Å²) in [7, 11) is 0. The van der Waals surface area contributed by atoms with E-state index in [1.54, 1.807) is 0 Å². The van der Waals surface area contributed by atoms with Gasteiger partial charge in [0.1, 0.15) is 0 Å². The molecule has 90 valence electrons. The molecule has 0 spiro atoms. The fourth-order valence-electron chi connectivity index (χ4n) is 1.67. The second-order valence-electron chi connectivity index (χ2n) is 3.95. The molecule has 17 heavy (non-hydrogen) atoms. The lowest BCUT2D eigenvalue weighted by atomic mass is 10.2. The molecule has 0 aliphatic heterocycles. The summed E-state index contributed by atoms with van der Waals surface area (Å²) in [5.74, 6) is 0. The third-order valence-electron chi connectivity index (χ3n) is 2.58. The van der Waals surface area contributed by atoms with Crippen molar-refractivity contribution in [3.05, 3.63) is 47.3 Å². The lowest BCUT2D eigenvalue weighted by molar-refractivity contribution is 0.660. The molecule has 0 aliphatic rings. The highest BCUT2D eigenvalue weighted by Crippen LogP contribution is 2.27. The molecule has 0 radical (unpaired) electrons. The first-order valence-corrected chi connectivity index (χ1v) is 6.77. The van der Waals surface area contributed by atoms with Crippen LogP contribution in [-0.4, -0.2) is 13.1 Å². The zero-order valence-corrected chi connectivity index (χ0v) is 10.7. The summed E-state index contributed by atoms with van der Waals surface area (Å²) in [5.41, 5.74) is 6.75. The molecule has 0 saturated heterocycles. The highest BCUT2D eigenvalue weighted by molar-refractivity contribution is 7.15. The Bertz CT molecular complexity index is 436. The summed E-state index contributed by atoms with van der Waals surface area (Å²) in [6.45, 7) is 2.69. The predicted molar refractivity (Wildman–Crippen MR) is 75.1 cm³/mol. The zero-order chi connectivity index (χ0) is 11.9. The van der Waals surface area contributed by atoms with Gasteiger partial charge in [-0.05, 0) is 37.2 Å². The van der Waals surface area contributed by atoms with Crippen molar-refractivity contribution in [2.75, 3.05) is 13.1 Å². The molecule has 0 amide bonds. The maximum atomic E-state index is 5.45. The van der Waals surface area contributed by atoms with Gasteiger partial charge >= 0.3 is 0 Å². The summed E-state index contributed by atoms with van der Waals surface area (Å²) in [5, 5.41) is 3.40. The molecule has 3 N–H and O–H groups in total. The maximum Gasteiger partial charge on any atom is 0.0346 e. The van der Waals surface area contributed by atoms with Gasteiger partial charge in [-0.15, -0.1) is 11.3 Å². The SMILES string of the molecule is NCCCNCc1ccc(-c2ccccc2)s1. The van der Waals surface area contributed by atoms with Crippen LogP contribution in [0.4, 0.5) is 0 Å². The van der Waals surface area contributed by atoms with Crippen molar-refractivity contribution in [1.82, 2.24) is 5.32 Å². The minimum Gasteiger partial charge on any atom is -0.330 e. The van der Waals surface area contributed by atoms with E-state index >= 15 is 0 Å². The first-order chi connectivity index (χ1) is 8.40. The van der Waals surface area contributed by atoms with E-state index in [1.165, 1.54) is 15.3 Å². The molecule has 3 heteroatoms. The van der Waals surface area contributed by atoms with Crippen LogP contribution in [0.25, 0.3) is 10.4 Å². The topological polar surface area (TPSA) is 38.0 Å². The Balaban J connectivity index is 1.92. The van der Waals surface area contributed by atoms with Gasteiger partial charge in [0.25, 0.3) is 0 Å². The van der Waals surface area contributed by atoms with Gasteiger partial charge in [0, 0.05) is 16.3 Å². The Labute approximate surface area is 106 Å². The van der Waals surface area contributed by atoms with E-state index in [0.29, 0.717) is 0 Å². The van der Waals surface area contributed by atoms with Crippen molar-refractivity contribution in [1.29, 1.82) is 0 Å². The summed E-state index contributed by atoms with van der Waals surface area (Å²) in [6, 6.07) is 14.9. The Morgan fingerprint density at radius 2 is 1.88 bits per heavy atom. The van der Waals surface area contributed by atoms with Gasteiger partial charge in [-0.25, -0.2) is 0 Å². The van der Waals surface area contributed by atoms with Gasteiger partial charge in [-0.3, -0.25) is 0 Å². The number of thiophene rings is 1. The molecular weight excluding hydrogens is 228 g/mol. The maximum absolute atomic E-state index is 5.45. The van der Waals surface area contributed by atoms with Gasteiger partial charge in [-0.2, -0.15) is 0 Å². The highest BCUT2D eigenvalue weighted by Gasteiger charge is 2.01. The standard InChI is InChI=1S/C14H18N2S/c15-9-4-10-16-11-13-7-8-14(17-13)12-5-2-1-3-6-12/h1-3,5-8,16H,4,9-11,15H2. The van der Waals surface area contributed by atoms with Crippen molar-refractivity contribution in [3.63, 3.8) is 0 Å². The third-order valence-corrected chi connectivity index (χ3v) is 3.71. The van der Waals surface area contributed by atoms with Crippen molar-refractivity contribution >= 4 is 11.3 Å². The average Bonchev–Trinajstić information content (AvgIpc) is 2.85. The number of hydrogen-bond acceptors (Lipinski definition) is 3. The largest absolute Gasteiger partial charge is 0.330 e. The fraction of sp³-hybridized carbons (Fsp3) is 0.286. The van der Waals surface area contributed by atoms with Crippen molar-refractivity contribution in [2.45, 2.75) is 13.0 Å². The second kappa shape index (κ2) is 6.55. The van der Waals surface area contributed by atoms with Crippen LogP contribution >= 0.6 is 11.3 Å². The molecule has 0 atom stereocenters. The number of rotatable bonds is 6. The normalized spacial score (nSPS) is 10.6. The van der Waals surface area contributed by atoms with Crippen molar-refractivity contribution in [3.8, 4) is 10.4 Å². The second-order valence-corrected chi connectivity index (χ2v) is 5.12. The lowest BCUT2D eigenvalue weighted by Crippen LogP contribution is -2.16. The third kappa shape index (κ3) is 3.66. The van der Waals surface area contributed by atoms with Crippen LogP contribution in [0.2, 0.25) is 0 Å². The van der Waals surface area contributed by atoms with Gasteiger partial charge in [0.15, 0.2) is 0 Å². The average molecular weight is 246 g/mol. The molecule has 0 fully saturated rings. The molecule has 2 rings (SSSR count). The minimum absolute atomic E-state index is 0.757. The number of nitrogens with two attached hydrogens (primary N) is 1. The molecule has 2 nitrogen and oxygen atoms in total. The molecule has 0 saturated carbocycles. The van der Waals surface area contributed by atoms with Crippen LogP contribution in [0.3, 0.4) is 0 Å². The minimum atomic E-state index is 0.757. The van der Waals surface area contributed by atoms with Crippen LogP contribution in [0.5, 0.6) is 0 Å². The van der Waals surface area contributed by atoms with E-state index in [1.807, 2.05) is 17.4 Å². The Kier molecular flexibility index (Phi) is 4.74. The van der Waals surface area contributed by atoms with E-state index in [2.05, 4.69) is 41.7 Å². The molecule has 1 aromatic heterocycles. The van der Waals surface area contributed by atoms with Crippen LogP contribution in [0, 0.1) is 0 Å². The zero-order valence-electron chi connectivity index (χ0n) is 9.86. The molecule has 0 unspecified atom stereocenters. The van der Waals surface area contributed by atoms with Crippen LogP contribution < -0.4 is 11.1 Å². The Morgan fingerprint density at radius 3 is 2.65 bits per heavy atom. The van der Waals surface area contributed by atoms with E-state index in [-0.39, 0.29) is 0 Å². The molecule has 0 aliphatic carbocycles. The molecule has 0 bridgehead atoms. The van der Waals surface area contributed by atoms with Crippen molar-refractivity contribution in [2.24, 2.45) is 5.73 Å². The lowest BCUT2D eigenvalue weighted by Gasteiger charge is -2.00. The number of hydrogen-bond donors (Lipinski definition) is 2. The van der Waals surface area contributed by atoms with Gasteiger partial charge in [0.05, 0.1) is 0 Å². The Hall–Kier alpha value is -1.16. The van der Waals surface area contributed by atoms with E-state index in [0.717, 1.165) is 26.1 Å². The summed E-state index contributed by atoms with van der Waals surface area (Å²) in [4.78, 5) is 2.71. The number of benzene rings is 1. The van der Waals surface area contributed by atoms with Crippen LogP contribution in [-0.2, 0) is 6.54 Å².